The quantitative estimate of drug-likeness (QED) is 0.639. The summed E-state index contributed by atoms with van der Waals surface area (Å²) in [6.45, 7) is -0.00107. The van der Waals surface area contributed by atoms with Gasteiger partial charge in [-0.2, -0.15) is 8.78 Å². The molecular weight excluding hydrogens is 416 g/mol. The Kier molecular flexibility index (Phi) is 7.03. The maximum atomic E-state index is 12.4. The largest absolute Gasteiger partial charge is 0.433 e. The second-order valence-electron chi connectivity index (χ2n) is 6.05. The van der Waals surface area contributed by atoms with E-state index in [1.165, 1.54) is 30.0 Å². The molecule has 0 unspecified atom stereocenters. The molecule has 28 heavy (non-hydrogen) atoms. The van der Waals surface area contributed by atoms with Crippen molar-refractivity contribution in [2.45, 2.75) is 49.4 Å². The normalized spacial score (nSPS) is 17.7. The lowest BCUT2D eigenvalue weighted by Crippen LogP contribution is -2.23. The van der Waals surface area contributed by atoms with Gasteiger partial charge in [0, 0.05) is 12.3 Å². The number of anilines is 1. The number of alkyl halides is 2. The van der Waals surface area contributed by atoms with Gasteiger partial charge in [0.1, 0.15) is 5.75 Å². The van der Waals surface area contributed by atoms with Gasteiger partial charge >= 0.3 is 6.61 Å². The minimum atomic E-state index is -2.98. The third kappa shape index (κ3) is 5.52. The van der Waals surface area contributed by atoms with Crippen LogP contribution in [0.1, 0.15) is 19.8 Å². The highest BCUT2D eigenvalue weighted by molar-refractivity contribution is 8.00. The van der Waals surface area contributed by atoms with Crippen LogP contribution in [-0.4, -0.2) is 50.7 Å². The Morgan fingerprint density at radius 3 is 3.04 bits per heavy atom. The standard InChI is InChI=1S/C16H18ClF2N5O3S/c1-9(28-16-21-22-23-24(16)8-11-3-2-6-26-11)14(25)20-10-4-5-13(12(17)7-10)27-15(18)19/h4-5,7,9,11,15H,2-3,6,8H2,1H3,(H,20,25)/t9-,11+/m1/s1. The van der Waals surface area contributed by atoms with Crippen LogP contribution in [0.15, 0.2) is 23.4 Å². The Hall–Kier alpha value is -1.98. The van der Waals surface area contributed by atoms with Crippen molar-refractivity contribution in [1.29, 1.82) is 0 Å². The summed E-state index contributed by atoms with van der Waals surface area (Å²) in [5, 5.41) is 14.2. The third-order valence-corrected chi connectivity index (χ3v) is 5.33. The first-order valence-corrected chi connectivity index (χ1v) is 9.78. The predicted octanol–water partition coefficient (Wildman–Crippen LogP) is 3.23. The maximum absolute atomic E-state index is 12.4. The number of hydrogen-bond donors (Lipinski definition) is 1. The fraction of sp³-hybridized carbons (Fsp3) is 0.500. The third-order valence-electron chi connectivity index (χ3n) is 3.97. The Bertz CT molecular complexity index is 819. The number of rotatable bonds is 8. The topological polar surface area (TPSA) is 91.2 Å². The average Bonchev–Trinajstić information content (AvgIpc) is 3.30. The number of aromatic nitrogens is 4. The van der Waals surface area contributed by atoms with Gasteiger partial charge in [-0.05, 0) is 48.4 Å². The van der Waals surface area contributed by atoms with E-state index in [-0.39, 0.29) is 22.8 Å². The van der Waals surface area contributed by atoms with Gasteiger partial charge in [-0.1, -0.05) is 23.4 Å². The zero-order valence-corrected chi connectivity index (χ0v) is 16.4. The first-order valence-electron chi connectivity index (χ1n) is 8.52. The number of nitrogens with zero attached hydrogens (tertiary/aromatic N) is 4. The summed E-state index contributed by atoms with van der Waals surface area (Å²) >= 11 is 7.10. The molecule has 0 aliphatic carbocycles. The lowest BCUT2D eigenvalue weighted by Gasteiger charge is -2.14. The Balaban J connectivity index is 1.58. The van der Waals surface area contributed by atoms with Crippen LogP contribution >= 0.6 is 23.4 Å². The van der Waals surface area contributed by atoms with E-state index in [9.17, 15) is 13.6 Å². The summed E-state index contributed by atoms with van der Waals surface area (Å²) in [5.74, 6) is -0.472. The first-order chi connectivity index (χ1) is 13.4. The molecule has 3 rings (SSSR count). The van der Waals surface area contributed by atoms with E-state index >= 15 is 0 Å². The van der Waals surface area contributed by atoms with Crippen LogP contribution < -0.4 is 10.1 Å². The van der Waals surface area contributed by atoms with Gasteiger partial charge in [-0.15, -0.1) is 5.10 Å². The van der Waals surface area contributed by atoms with E-state index in [1.54, 1.807) is 11.6 Å². The summed E-state index contributed by atoms with van der Waals surface area (Å²) in [7, 11) is 0. The van der Waals surface area contributed by atoms with Gasteiger partial charge in [0.25, 0.3) is 0 Å². The van der Waals surface area contributed by atoms with Gasteiger partial charge < -0.3 is 14.8 Å². The van der Waals surface area contributed by atoms with Crippen molar-refractivity contribution in [1.82, 2.24) is 20.2 Å². The van der Waals surface area contributed by atoms with Crippen LogP contribution in [0, 0.1) is 0 Å². The minimum absolute atomic E-state index is 0.0288. The Morgan fingerprint density at radius 2 is 2.36 bits per heavy atom. The monoisotopic (exact) mass is 433 g/mol. The van der Waals surface area contributed by atoms with Crippen LogP contribution in [0.5, 0.6) is 5.75 Å². The zero-order chi connectivity index (χ0) is 20.1. The molecule has 0 spiro atoms. The van der Waals surface area contributed by atoms with E-state index in [0.717, 1.165) is 19.4 Å². The number of hydrogen-bond acceptors (Lipinski definition) is 7. The summed E-state index contributed by atoms with van der Waals surface area (Å²) in [5.41, 5.74) is 0.364. The number of halogens is 3. The van der Waals surface area contributed by atoms with E-state index < -0.39 is 11.9 Å². The number of nitrogens with one attached hydrogen (secondary N) is 1. The number of ether oxygens (including phenoxy) is 2. The van der Waals surface area contributed by atoms with Gasteiger partial charge in [-0.3, -0.25) is 4.79 Å². The molecule has 0 radical (unpaired) electrons. The van der Waals surface area contributed by atoms with E-state index in [4.69, 9.17) is 16.3 Å². The Morgan fingerprint density at radius 1 is 1.54 bits per heavy atom. The molecule has 1 fully saturated rings. The van der Waals surface area contributed by atoms with Crippen LogP contribution in [-0.2, 0) is 16.1 Å². The molecule has 1 N–H and O–H groups in total. The average molecular weight is 434 g/mol. The van der Waals surface area contributed by atoms with E-state index in [2.05, 4.69) is 25.6 Å². The fourth-order valence-corrected chi connectivity index (χ4v) is 3.63. The number of carbonyl (C=O) groups is 1. The minimum Gasteiger partial charge on any atom is -0.433 e. The van der Waals surface area contributed by atoms with Gasteiger partial charge in [0.15, 0.2) is 0 Å². The van der Waals surface area contributed by atoms with Crippen LogP contribution in [0.3, 0.4) is 0 Å². The molecule has 0 saturated carbocycles. The molecule has 1 aromatic heterocycles. The second kappa shape index (κ2) is 9.48. The van der Waals surface area contributed by atoms with Crippen molar-refractivity contribution >= 4 is 35.0 Å². The van der Waals surface area contributed by atoms with Gasteiger partial charge in [0.2, 0.25) is 11.1 Å². The number of tetrazole rings is 1. The highest BCUT2D eigenvalue weighted by Crippen LogP contribution is 2.30. The van der Waals surface area contributed by atoms with Crippen LogP contribution in [0.25, 0.3) is 0 Å². The summed E-state index contributed by atoms with van der Waals surface area (Å²) < 4.78 is 36.0. The van der Waals surface area contributed by atoms with Crippen LogP contribution in [0.4, 0.5) is 14.5 Å². The smallest absolute Gasteiger partial charge is 0.387 e. The predicted molar refractivity (Wildman–Crippen MR) is 98.8 cm³/mol. The number of benzene rings is 1. The van der Waals surface area contributed by atoms with Crippen molar-refractivity contribution in [3.63, 3.8) is 0 Å². The molecule has 12 heteroatoms. The molecule has 1 aliphatic rings. The fourth-order valence-electron chi connectivity index (χ4n) is 2.60. The molecule has 1 aromatic carbocycles. The summed E-state index contributed by atoms with van der Waals surface area (Å²) in [4.78, 5) is 12.4. The SMILES string of the molecule is C[C@@H](Sc1nnnn1C[C@@H]1CCCO1)C(=O)Nc1ccc(OC(F)F)c(Cl)c1. The number of carbonyl (C=O) groups excluding carboxylic acids is 1. The van der Waals surface area contributed by atoms with Crippen molar-refractivity contribution in [3.8, 4) is 5.75 Å². The highest BCUT2D eigenvalue weighted by atomic mass is 35.5. The van der Waals surface area contributed by atoms with Crippen molar-refractivity contribution in [3.05, 3.63) is 23.2 Å². The van der Waals surface area contributed by atoms with E-state index in [0.29, 0.717) is 17.4 Å². The van der Waals surface area contributed by atoms with Crippen molar-refractivity contribution < 1.29 is 23.0 Å². The molecule has 2 aromatic rings. The summed E-state index contributed by atoms with van der Waals surface area (Å²) in [6, 6.07) is 4.04. The molecule has 1 amide bonds. The van der Waals surface area contributed by atoms with Crippen molar-refractivity contribution in [2.24, 2.45) is 0 Å². The highest BCUT2D eigenvalue weighted by Gasteiger charge is 2.22. The lowest BCUT2D eigenvalue weighted by molar-refractivity contribution is -0.115. The Labute approximate surface area is 168 Å². The molecule has 152 valence electrons. The molecule has 2 heterocycles. The molecule has 8 nitrogen and oxygen atoms in total. The molecular formula is C16H18ClF2N5O3S. The lowest BCUT2D eigenvalue weighted by atomic mass is 10.2. The molecule has 2 atom stereocenters. The first kappa shape index (κ1) is 20.7. The second-order valence-corrected chi connectivity index (χ2v) is 7.77. The maximum Gasteiger partial charge on any atom is 0.387 e. The molecule has 1 saturated heterocycles. The summed E-state index contributed by atoms with van der Waals surface area (Å²) in [6.07, 6.45) is 2.03. The molecule has 1 aliphatic heterocycles. The van der Waals surface area contributed by atoms with Crippen LogP contribution in [0.2, 0.25) is 5.02 Å². The van der Waals surface area contributed by atoms with E-state index in [1.807, 2.05) is 0 Å². The van der Waals surface area contributed by atoms with Gasteiger partial charge in [-0.25, -0.2) is 4.68 Å². The molecule has 0 bridgehead atoms. The van der Waals surface area contributed by atoms with Gasteiger partial charge in [0.05, 0.1) is 22.9 Å². The van der Waals surface area contributed by atoms with Crippen molar-refractivity contribution in [2.75, 3.05) is 11.9 Å². The number of amides is 1. The zero-order valence-electron chi connectivity index (χ0n) is 14.8. The number of thioether (sulfide) groups is 1.